The van der Waals surface area contributed by atoms with Crippen molar-refractivity contribution in [2.45, 2.75) is 13.8 Å². The van der Waals surface area contributed by atoms with Crippen LogP contribution in [-0.4, -0.2) is 31.7 Å². The Hall–Kier alpha value is -3.65. The number of methoxy groups -OCH3 is 2. The van der Waals surface area contributed by atoms with Crippen molar-refractivity contribution in [2.75, 3.05) is 19.5 Å². The SMILES string of the molecule is COc1cc(OC)cc(C(=O)N/N=C(\C)c2cccc(NC(=O)c3ccc(C)s3)c2)c1. The first-order valence-electron chi connectivity index (χ1n) is 9.45. The van der Waals surface area contributed by atoms with E-state index in [1.807, 2.05) is 25.1 Å². The number of rotatable bonds is 7. The van der Waals surface area contributed by atoms with Crippen molar-refractivity contribution in [1.82, 2.24) is 5.43 Å². The van der Waals surface area contributed by atoms with Crippen LogP contribution in [0, 0.1) is 6.92 Å². The summed E-state index contributed by atoms with van der Waals surface area (Å²) in [5, 5.41) is 7.07. The number of hydrazone groups is 1. The number of carbonyl (C=O) groups is 2. The monoisotopic (exact) mass is 437 g/mol. The number of aryl methyl sites for hydroxylation is 1. The quantitative estimate of drug-likeness (QED) is 0.421. The molecule has 0 saturated heterocycles. The largest absolute Gasteiger partial charge is 0.497 e. The van der Waals surface area contributed by atoms with Crippen molar-refractivity contribution < 1.29 is 19.1 Å². The number of anilines is 1. The summed E-state index contributed by atoms with van der Waals surface area (Å²) in [6, 6.07) is 15.9. The highest BCUT2D eigenvalue weighted by molar-refractivity contribution is 7.14. The molecule has 31 heavy (non-hydrogen) atoms. The van der Waals surface area contributed by atoms with Gasteiger partial charge in [-0.2, -0.15) is 5.10 Å². The van der Waals surface area contributed by atoms with Gasteiger partial charge in [-0.15, -0.1) is 11.3 Å². The molecule has 0 bridgehead atoms. The van der Waals surface area contributed by atoms with Gasteiger partial charge in [0.25, 0.3) is 11.8 Å². The topological polar surface area (TPSA) is 89.0 Å². The first kappa shape index (κ1) is 22.0. The lowest BCUT2D eigenvalue weighted by atomic mass is 10.1. The summed E-state index contributed by atoms with van der Waals surface area (Å²) in [4.78, 5) is 26.6. The fourth-order valence-corrected chi connectivity index (χ4v) is 3.54. The van der Waals surface area contributed by atoms with Gasteiger partial charge in [-0.3, -0.25) is 9.59 Å². The van der Waals surface area contributed by atoms with Gasteiger partial charge in [-0.05, 0) is 55.8 Å². The Morgan fingerprint density at radius 2 is 1.61 bits per heavy atom. The molecule has 0 aliphatic rings. The Kier molecular flexibility index (Phi) is 7.04. The number of hydrogen-bond acceptors (Lipinski definition) is 6. The van der Waals surface area contributed by atoms with Crippen LogP contribution >= 0.6 is 11.3 Å². The fraction of sp³-hybridized carbons (Fsp3) is 0.174. The molecule has 0 aliphatic heterocycles. The highest BCUT2D eigenvalue weighted by Gasteiger charge is 2.11. The average Bonchev–Trinajstić information content (AvgIpc) is 3.23. The van der Waals surface area contributed by atoms with Crippen LogP contribution in [0.15, 0.2) is 59.7 Å². The molecule has 0 aliphatic carbocycles. The van der Waals surface area contributed by atoms with Gasteiger partial charge in [0.2, 0.25) is 0 Å². The Balaban J connectivity index is 1.71. The second-order valence-corrected chi connectivity index (χ2v) is 7.97. The van der Waals surface area contributed by atoms with Crippen molar-refractivity contribution >= 4 is 34.6 Å². The number of thiophene rings is 1. The molecule has 3 aromatic rings. The first-order valence-corrected chi connectivity index (χ1v) is 10.3. The minimum Gasteiger partial charge on any atom is -0.497 e. The zero-order chi connectivity index (χ0) is 22.4. The lowest BCUT2D eigenvalue weighted by Crippen LogP contribution is -2.19. The zero-order valence-corrected chi connectivity index (χ0v) is 18.5. The predicted octanol–water partition coefficient (Wildman–Crippen LogP) is 4.48. The molecule has 2 amide bonds. The van der Waals surface area contributed by atoms with Crippen LogP contribution < -0.4 is 20.2 Å². The Labute approximate surface area is 184 Å². The van der Waals surface area contributed by atoms with Crippen molar-refractivity contribution in [3.05, 3.63) is 75.5 Å². The predicted molar refractivity (Wildman–Crippen MR) is 123 cm³/mol. The van der Waals surface area contributed by atoms with Crippen LogP contribution in [-0.2, 0) is 0 Å². The minimum absolute atomic E-state index is 0.162. The maximum atomic E-state index is 12.5. The van der Waals surface area contributed by atoms with E-state index in [1.54, 1.807) is 43.3 Å². The van der Waals surface area contributed by atoms with Crippen molar-refractivity contribution in [2.24, 2.45) is 5.10 Å². The molecule has 0 unspecified atom stereocenters. The normalized spacial score (nSPS) is 11.0. The van der Waals surface area contributed by atoms with Gasteiger partial charge in [0.15, 0.2) is 0 Å². The molecular formula is C23H23N3O4S. The van der Waals surface area contributed by atoms with Gasteiger partial charge in [-0.1, -0.05) is 12.1 Å². The fourth-order valence-electron chi connectivity index (χ4n) is 2.77. The number of nitrogens with one attached hydrogen (secondary N) is 2. The van der Waals surface area contributed by atoms with Gasteiger partial charge >= 0.3 is 0 Å². The summed E-state index contributed by atoms with van der Waals surface area (Å²) >= 11 is 1.44. The van der Waals surface area contributed by atoms with E-state index in [0.717, 1.165) is 10.4 Å². The standard InChI is InChI=1S/C23H23N3O4S/c1-14-8-9-21(31-14)23(28)24-18-7-5-6-16(10-18)15(2)25-26-22(27)17-11-19(29-3)13-20(12-17)30-4/h5-13H,1-4H3,(H,24,28)(H,26,27)/b25-15+. The maximum Gasteiger partial charge on any atom is 0.271 e. The van der Waals surface area contributed by atoms with Gasteiger partial charge < -0.3 is 14.8 Å². The van der Waals surface area contributed by atoms with Gasteiger partial charge in [0.05, 0.1) is 24.8 Å². The number of ether oxygens (including phenoxy) is 2. The van der Waals surface area contributed by atoms with Crippen molar-refractivity contribution in [3.8, 4) is 11.5 Å². The van der Waals surface area contributed by atoms with E-state index in [2.05, 4.69) is 15.8 Å². The molecular weight excluding hydrogens is 414 g/mol. The molecule has 0 fully saturated rings. The molecule has 0 atom stereocenters. The number of hydrogen-bond donors (Lipinski definition) is 2. The summed E-state index contributed by atoms with van der Waals surface area (Å²) in [7, 11) is 3.04. The zero-order valence-electron chi connectivity index (χ0n) is 17.7. The maximum absolute atomic E-state index is 12.5. The summed E-state index contributed by atoms with van der Waals surface area (Å²) in [5.74, 6) is 0.461. The summed E-state index contributed by atoms with van der Waals surface area (Å²) in [5.41, 5.74) is 4.90. The Bertz CT molecular complexity index is 1120. The highest BCUT2D eigenvalue weighted by Crippen LogP contribution is 2.22. The number of nitrogens with zero attached hydrogens (tertiary/aromatic N) is 1. The second-order valence-electron chi connectivity index (χ2n) is 6.68. The molecule has 0 saturated carbocycles. The summed E-state index contributed by atoms with van der Waals surface area (Å²) < 4.78 is 10.4. The van der Waals surface area contributed by atoms with Crippen molar-refractivity contribution in [3.63, 3.8) is 0 Å². The molecule has 3 rings (SSSR count). The van der Waals surface area contributed by atoms with Crippen molar-refractivity contribution in [1.29, 1.82) is 0 Å². The molecule has 2 N–H and O–H groups in total. The average molecular weight is 438 g/mol. The second kappa shape index (κ2) is 9.90. The third-order valence-corrected chi connectivity index (χ3v) is 5.44. The molecule has 160 valence electrons. The van der Waals surface area contributed by atoms with Gasteiger partial charge in [-0.25, -0.2) is 5.43 Å². The van der Waals surface area contributed by atoms with E-state index in [9.17, 15) is 9.59 Å². The lowest BCUT2D eigenvalue weighted by molar-refractivity contribution is 0.0953. The Morgan fingerprint density at radius 3 is 2.23 bits per heavy atom. The van der Waals surface area contributed by atoms with Crippen LogP contribution in [0.1, 0.15) is 37.4 Å². The van der Waals surface area contributed by atoms with Crippen LogP contribution in [0.25, 0.3) is 0 Å². The Morgan fingerprint density at radius 1 is 0.903 bits per heavy atom. The molecule has 1 aromatic heterocycles. The molecule has 8 heteroatoms. The summed E-state index contributed by atoms with van der Waals surface area (Å²) in [6.07, 6.45) is 0. The molecule has 7 nitrogen and oxygen atoms in total. The number of carbonyl (C=O) groups excluding carboxylic acids is 2. The van der Waals surface area contributed by atoms with E-state index < -0.39 is 5.91 Å². The van der Waals surface area contributed by atoms with Crippen LogP contribution in [0.5, 0.6) is 11.5 Å². The third-order valence-electron chi connectivity index (χ3n) is 4.44. The lowest BCUT2D eigenvalue weighted by Gasteiger charge is -2.09. The van der Waals surface area contributed by atoms with E-state index in [1.165, 1.54) is 25.6 Å². The highest BCUT2D eigenvalue weighted by atomic mass is 32.1. The van der Waals surface area contributed by atoms with Crippen LogP contribution in [0.3, 0.4) is 0 Å². The van der Waals surface area contributed by atoms with Crippen LogP contribution in [0.4, 0.5) is 5.69 Å². The smallest absolute Gasteiger partial charge is 0.271 e. The van der Waals surface area contributed by atoms with Crippen LogP contribution in [0.2, 0.25) is 0 Å². The molecule has 1 heterocycles. The third kappa shape index (κ3) is 5.70. The van der Waals surface area contributed by atoms with Gasteiger partial charge in [0.1, 0.15) is 11.5 Å². The van der Waals surface area contributed by atoms with E-state index in [-0.39, 0.29) is 5.91 Å². The summed E-state index contributed by atoms with van der Waals surface area (Å²) in [6.45, 7) is 3.73. The van der Waals surface area contributed by atoms with E-state index >= 15 is 0 Å². The number of amides is 2. The number of benzene rings is 2. The first-order chi connectivity index (χ1) is 14.9. The molecule has 2 aromatic carbocycles. The van der Waals surface area contributed by atoms with E-state index in [0.29, 0.717) is 33.3 Å². The van der Waals surface area contributed by atoms with E-state index in [4.69, 9.17) is 9.47 Å². The molecule has 0 spiro atoms. The molecule has 0 radical (unpaired) electrons. The minimum atomic E-state index is -0.394. The van der Waals surface area contributed by atoms with Gasteiger partial charge in [0, 0.05) is 22.2 Å².